The maximum atomic E-state index is 12.0. The van der Waals surface area contributed by atoms with Gasteiger partial charge in [0.25, 0.3) is 5.91 Å². The molecule has 10 heteroatoms. The number of benzene rings is 1. The van der Waals surface area contributed by atoms with Gasteiger partial charge in [-0.2, -0.15) is 0 Å². The fourth-order valence-electron chi connectivity index (χ4n) is 4.85. The highest BCUT2D eigenvalue weighted by atomic mass is 16.7. The molecule has 0 unspecified atom stereocenters. The third-order valence-corrected chi connectivity index (χ3v) is 7.09. The van der Waals surface area contributed by atoms with Gasteiger partial charge < -0.3 is 25.7 Å². The monoisotopic (exact) mass is 479 g/mol. The number of carbonyl (C=O) groups is 2. The Bertz CT molecular complexity index is 1040. The summed E-state index contributed by atoms with van der Waals surface area (Å²) in [7, 11) is 0. The normalized spacial score (nSPS) is 19.2. The number of hydrogen-bond acceptors (Lipinski definition) is 8. The summed E-state index contributed by atoms with van der Waals surface area (Å²) in [6, 6.07) is 8.18. The van der Waals surface area contributed by atoms with Crippen LogP contribution >= 0.6 is 0 Å². The first-order valence-electron chi connectivity index (χ1n) is 12.6. The van der Waals surface area contributed by atoms with E-state index in [2.05, 4.69) is 32.3 Å². The minimum absolute atomic E-state index is 0.134. The van der Waals surface area contributed by atoms with E-state index in [-0.39, 0.29) is 11.8 Å². The van der Waals surface area contributed by atoms with Crippen LogP contribution in [0.3, 0.4) is 0 Å². The molecule has 3 saturated heterocycles. The lowest BCUT2D eigenvalue weighted by molar-refractivity contribution is -0.128. The topological polar surface area (TPSA) is 117 Å². The summed E-state index contributed by atoms with van der Waals surface area (Å²) in [5.74, 6) is 0.941. The lowest BCUT2D eigenvalue weighted by Gasteiger charge is -2.35. The second-order valence-electron chi connectivity index (χ2n) is 9.49. The van der Waals surface area contributed by atoms with Gasteiger partial charge in [-0.1, -0.05) is 12.1 Å². The van der Waals surface area contributed by atoms with Gasteiger partial charge in [0.05, 0.1) is 6.20 Å². The first kappa shape index (κ1) is 23.3. The number of primary amides is 1. The quantitative estimate of drug-likeness (QED) is 0.649. The van der Waals surface area contributed by atoms with E-state index in [4.69, 9.17) is 10.6 Å². The Balaban J connectivity index is 1.21. The molecule has 0 bridgehead atoms. The maximum Gasteiger partial charge on any atom is 0.428 e. The fourth-order valence-corrected chi connectivity index (χ4v) is 4.85. The average Bonchev–Trinajstić information content (AvgIpc) is 2.84. The van der Waals surface area contributed by atoms with Gasteiger partial charge in [0.15, 0.2) is 11.5 Å². The number of nitrogens with two attached hydrogens (primary N) is 1. The maximum absolute atomic E-state index is 12.0. The van der Waals surface area contributed by atoms with Gasteiger partial charge in [-0.05, 0) is 62.1 Å². The molecule has 1 aromatic heterocycles. The van der Waals surface area contributed by atoms with Crippen molar-refractivity contribution in [3.63, 3.8) is 0 Å². The number of likely N-dealkylation sites (tertiary alicyclic amines) is 1. The molecule has 3 aliphatic heterocycles. The third-order valence-electron chi connectivity index (χ3n) is 7.09. The van der Waals surface area contributed by atoms with E-state index in [0.29, 0.717) is 11.7 Å². The van der Waals surface area contributed by atoms with Gasteiger partial charge in [0, 0.05) is 45.0 Å². The van der Waals surface area contributed by atoms with Crippen LogP contribution in [0, 0.1) is 0 Å². The van der Waals surface area contributed by atoms with Crippen molar-refractivity contribution in [1.82, 2.24) is 19.9 Å². The number of aromatic nitrogens is 2. The minimum atomic E-state index is -0.608. The second-order valence-corrected chi connectivity index (χ2v) is 9.49. The average molecular weight is 480 g/mol. The van der Waals surface area contributed by atoms with Crippen molar-refractivity contribution in [3.8, 4) is 0 Å². The second kappa shape index (κ2) is 10.5. The number of anilines is 3. The van der Waals surface area contributed by atoms with Crippen molar-refractivity contribution in [2.45, 2.75) is 44.4 Å². The van der Waals surface area contributed by atoms with Gasteiger partial charge in [-0.15, -0.1) is 5.06 Å². The first-order valence-corrected chi connectivity index (χ1v) is 12.6. The molecule has 0 radical (unpaired) electrons. The number of amides is 2. The molecular formula is C25H33N7O3. The Hall–Kier alpha value is -3.40. The molecule has 2 amide bonds. The molecule has 0 spiro atoms. The third kappa shape index (κ3) is 5.48. The van der Waals surface area contributed by atoms with Crippen molar-refractivity contribution < 1.29 is 14.4 Å². The number of rotatable bonds is 6. The van der Waals surface area contributed by atoms with Crippen LogP contribution < -0.4 is 16.0 Å². The largest absolute Gasteiger partial charge is 0.428 e. The fraction of sp³-hybridized carbons (Fsp3) is 0.520. The molecule has 0 aliphatic carbocycles. The molecule has 0 atom stereocenters. The Labute approximate surface area is 205 Å². The van der Waals surface area contributed by atoms with E-state index in [1.54, 1.807) is 16.2 Å². The summed E-state index contributed by atoms with van der Waals surface area (Å²) >= 11 is 0. The number of carbonyl (C=O) groups excluding carboxylic acids is 2. The predicted molar refractivity (Wildman–Crippen MR) is 133 cm³/mol. The first-order chi connectivity index (χ1) is 17.1. The van der Waals surface area contributed by atoms with Gasteiger partial charge in [-0.25, -0.2) is 14.8 Å². The SMILES string of the molecule is NC(=O)c1ncc(N2CCCCC2)nc1Nc1ccc(C2CCN(OC(=O)N3CCC3)CC2)cc1. The van der Waals surface area contributed by atoms with E-state index in [0.717, 1.165) is 82.9 Å². The van der Waals surface area contributed by atoms with Crippen LogP contribution in [0.4, 0.5) is 22.1 Å². The van der Waals surface area contributed by atoms with E-state index < -0.39 is 5.91 Å². The van der Waals surface area contributed by atoms with Crippen LogP contribution in [0.5, 0.6) is 0 Å². The standard InChI is InChI=1S/C25H33N7O3/c26-23(33)22-24(29-21(17-27-22)30-11-2-1-3-12-30)28-20-7-5-18(6-8-20)19-9-15-32(16-10-19)35-25(34)31-13-4-14-31/h5-8,17,19H,1-4,9-16H2,(H2,26,33)(H,28,29). The molecule has 35 heavy (non-hydrogen) atoms. The number of hydrogen-bond donors (Lipinski definition) is 2. The van der Waals surface area contributed by atoms with Crippen molar-refractivity contribution in [2.24, 2.45) is 5.73 Å². The molecule has 186 valence electrons. The van der Waals surface area contributed by atoms with Crippen LogP contribution in [0.25, 0.3) is 0 Å². The lowest BCUT2D eigenvalue weighted by atomic mass is 9.90. The molecule has 10 nitrogen and oxygen atoms in total. The minimum Gasteiger partial charge on any atom is -0.364 e. The summed E-state index contributed by atoms with van der Waals surface area (Å²) < 4.78 is 0. The number of nitrogens with one attached hydrogen (secondary N) is 1. The molecule has 5 rings (SSSR count). The number of nitrogens with zero attached hydrogens (tertiary/aromatic N) is 5. The van der Waals surface area contributed by atoms with E-state index in [1.165, 1.54) is 12.0 Å². The highest BCUT2D eigenvalue weighted by Crippen LogP contribution is 2.30. The zero-order chi connectivity index (χ0) is 24.2. The summed E-state index contributed by atoms with van der Waals surface area (Å²) in [5.41, 5.74) is 7.75. The highest BCUT2D eigenvalue weighted by molar-refractivity contribution is 5.96. The summed E-state index contributed by atoms with van der Waals surface area (Å²) in [6.07, 6.45) is 7.79. The smallest absolute Gasteiger partial charge is 0.364 e. The Kier molecular flexibility index (Phi) is 6.98. The molecule has 1 aromatic carbocycles. The van der Waals surface area contributed by atoms with Crippen LogP contribution in [0.2, 0.25) is 0 Å². The van der Waals surface area contributed by atoms with Gasteiger partial charge in [0.2, 0.25) is 0 Å². The van der Waals surface area contributed by atoms with Crippen LogP contribution in [-0.4, -0.2) is 71.2 Å². The van der Waals surface area contributed by atoms with E-state index in [9.17, 15) is 9.59 Å². The molecule has 0 saturated carbocycles. The van der Waals surface area contributed by atoms with Gasteiger partial charge >= 0.3 is 6.09 Å². The molecular weight excluding hydrogens is 446 g/mol. The zero-order valence-electron chi connectivity index (χ0n) is 20.0. The van der Waals surface area contributed by atoms with Crippen molar-refractivity contribution in [1.29, 1.82) is 0 Å². The molecule has 3 fully saturated rings. The number of piperidine rings is 2. The molecule has 3 aliphatic rings. The van der Waals surface area contributed by atoms with Crippen LogP contribution in [0.1, 0.15) is 60.5 Å². The highest BCUT2D eigenvalue weighted by Gasteiger charge is 2.27. The Morgan fingerprint density at radius 3 is 2.29 bits per heavy atom. The van der Waals surface area contributed by atoms with Crippen molar-refractivity contribution in [3.05, 3.63) is 41.7 Å². The summed E-state index contributed by atoms with van der Waals surface area (Å²) in [6.45, 7) is 4.93. The van der Waals surface area contributed by atoms with Gasteiger partial charge in [0.1, 0.15) is 5.82 Å². The summed E-state index contributed by atoms with van der Waals surface area (Å²) in [5, 5.41) is 5.03. The van der Waals surface area contributed by atoms with Crippen molar-refractivity contribution >= 4 is 29.3 Å². The van der Waals surface area contributed by atoms with E-state index >= 15 is 0 Å². The summed E-state index contributed by atoms with van der Waals surface area (Å²) in [4.78, 5) is 42.4. The van der Waals surface area contributed by atoms with E-state index in [1.807, 2.05) is 12.1 Å². The van der Waals surface area contributed by atoms with Crippen LogP contribution in [0.15, 0.2) is 30.5 Å². The zero-order valence-corrected chi connectivity index (χ0v) is 20.0. The Morgan fingerprint density at radius 1 is 0.943 bits per heavy atom. The number of hydroxylamine groups is 2. The Morgan fingerprint density at radius 2 is 1.66 bits per heavy atom. The molecule has 2 aromatic rings. The predicted octanol–water partition coefficient (Wildman–Crippen LogP) is 3.25. The molecule has 4 heterocycles. The molecule has 3 N–H and O–H groups in total. The van der Waals surface area contributed by atoms with Crippen LogP contribution in [-0.2, 0) is 4.84 Å². The lowest BCUT2D eigenvalue weighted by Crippen LogP contribution is -2.46. The van der Waals surface area contributed by atoms with Crippen molar-refractivity contribution in [2.75, 3.05) is 49.5 Å². The van der Waals surface area contributed by atoms with Gasteiger partial charge in [-0.3, -0.25) is 4.79 Å².